The lowest BCUT2D eigenvalue weighted by Crippen LogP contribution is -2.40. The topological polar surface area (TPSA) is 101 Å². The molecule has 2 heterocycles. The molecule has 9 heteroatoms. The molecule has 0 spiro atoms. The van der Waals surface area contributed by atoms with E-state index in [0.29, 0.717) is 40.4 Å². The summed E-state index contributed by atoms with van der Waals surface area (Å²) in [6.07, 6.45) is 0. The Hall–Kier alpha value is -4.66. The zero-order chi connectivity index (χ0) is 25.9. The molecule has 0 unspecified atom stereocenters. The normalized spacial score (nSPS) is 11.1. The van der Waals surface area contributed by atoms with Gasteiger partial charge in [-0.05, 0) is 49.7 Å². The maximum Gasteiger partial charge on any atom is 0.332 e. The number of hydrogen-bond acceptors (Lipinski definition) is 7. The first kappa shape index (κ1) is 24.1. The highest BCUT2D eigenvalue weighted by atomic mass is 16.5. The third kappa shape index (κ3) is 4.75. The summed E-state index contributed by atoms with van der Waals surface area (Å²) < 4.78 is 19.2. The van der Waals surface area contributed by atoms with Crippen molar-refractivity contribution >= 4 is 10.9 Å². The Morgan fingerprint density at radius 2 is 1.70 bits per heavy atom. The van der Waals surface area contributed by atoms with Crippen molar-refractivity contribution in [2.45, 2.75) is 26.9 Å². The molecule has 0 aliphatic rings. The number of aromatic nitrogens is 4. The molecule has 5 rings (SSSR count). The van der Waals surface area contributed by atoms with Crippen molar-refractivity contribution in [1.29, 1.82) is 0 Å². The molecule has 0 atom stereocenters. The lowest BCUT2D eigenvalue weighted by molar-refractivity contribution is 0.311. The highest BCUT2D eigenvalue weighted by Crippen LogP contribution is 2.31. The third-order valence-corrected chi connectivity index (χ3v) is 6.08. The van der Waals surface area contributed by atoms with Crippen molar-refractivity contribution in [1.82, 2.24) is 19.3 Å². The van der Waals surface area contributed by atoms with Crippen LogP contribution in [0.25, 0.3) is 22.3 Å². The molecule has 9 nitrogen and oxygen atoms in total. The molecule has 3 aromatic carbocycles. The summed E-state index contributed by atoms with van der Waals surface area (Å²) in [4.78, 5) is 31.3. The van der Waals surface area contributed by atoms with Gasteiger partial charge in [-0.25, -0.2) is 4.79 Å². The predicted octanol–water partition coefficient (Wildman–Crippen LogP) is 4.03. The SMILES string of the molecule is CCOc1ccc(-c2noc(Cn3c(=O)n(Cc4ccc(C)cc4)c(=O)c4ccccc43)n2)cc1OC. The second-order valence-corrected chi connectivity index (χ2v) is 8.57. The van der Waals surface area contributed by atoms with Gasteiger partial charge in [0.2, 0.25) is 11.7 Å². The summed E-state index contributed by atoms with van der Waals surface area (Å²) in [7, 11) is 1.56. The molecular weight excluding hydrogens is 472 g/mol. The van der Waals surface area contributed by atoms with Crippen molar-refractivity contribution < 1.29 is 14.0 Å². The zero-order valence-electron chi connectivity index (χ0n) is 20.8. The molecule has 0 fully saturated rings. The predicted molar refractivity (Wildman–Crippen MR) is 139 cm³/mol. The summed E-state index contributed by atoms with van der Waals surface area (Å²) in [6.45, 7) is 4.56. The first-order chi connectivity index (χ1) is 18.0. The van der Waals surface area contributed by atoms with Crippen LogP contribution in [0.2, 0.25) is 0 Å². The van der Waals surface area contributed by atoms with E-state index in [4.69, 9.17) is 14.0 Å². The van der Waals surface area contributed by atoms with E-state index in [1.807, 2.05) is 44.2 Å². The van der Waals surface area contributed by atoms with Crippen LogP contribution in [0.15, 0.2) is 80.8 Å². The van der Waals surface area contributed by atoms with Crippen molar-refractivity contribution in [3.63, 3.8) is 0 Å². The molecule has 37 heavy (non-hydrogen) atoms. The standard InChI is InChI=1S/C28H26N4O5/c1-4-36-23-14-13-20(15-24(23)35-3)26-29-25(37-30-26)17-31-22-8-6-5-7-21(22)27(33)32(28(31)34)16-19-11-9-18(2)10-12-19/h5-15H,4,16-17H2,1-3H3. The van der Waals surface area contributed by atoms with E-state index in [-0.39, 0.29) is 24.5 Å². The second-order valence-electron chi connectivity index (χ2n) is 8.57. The van der Waals surface area contributed by atoms with Gasteiger partial charge in [-0.1, -0.05) is 47.1 Å². The molecule has 0 saturated carbocycles. The monoisotopic (exact) mass is 498 g/mol. The quantitative estimate of drug-likeness (QED) is 0.318. The number of hydrogen-bond donors (Lipinski definition) is 0. The summed E-state index contributed by atoms with van der Waals surface area (Å²) in [5, 5.41) is 4.53. The van der Waals surface area contributed by atoms with Crippen LogP contribution in [0.5, 0.6) is 11.5 Å². The largest absolute Gasteiger partial charge is 0.493 e. The summed E-state index contributed by atoms with van der Waals surface area (Å²) >= 11 is 0. The van der Waals surface area contributed by atoms with Gasteiger partial charge in [0, 0.05) is 5.56 Å². The molecule has 0 amide bonds. The number of ether oxygens (including phenoxy) is 2. The lowest BCUT2D eigenvalue weighted by atomic mass is 10.1. The van der Waals surface area contributed by atoms with Crippen LogP contribution < -0.4 is 20.7 Å². The van der Waals surface area contributed by atoms with Gasteiger partial charge in [0.1, 0.15) is 6.54 Å². The Balaban J connectivity index is 1.53. The van der Waals surface area contributed by atoms with Gasteiger partial charge in [0.05, 0.1) is 31.2 Å². The second kappa shape index (κ2) is 10.1. The minimum absolute atomic E-state index is 0.00862. The van der Waals surface area contributed by atoms with E-state index in [1.54, 1.807) is 43.5 Å². The number of rotatable bonds is 8. The van der Waals surface area contributed by atoms with Crippen molar-refractivity contribution in [2.75, 3.05) is 13.7 Å². The minimum atomic E-state index is -0.452. The Kier molecular flexibility index (Phi) is 6.59. The molecule has 0 aliphatic heterocycles. The van der Waals surface area contributed by atoms with Crippen LogP contribution in [0.1, 0.15) is 23.9 Å². The van der Waals surface area contributed by atoms with Crippen molar-refractivity contribution in [3.05, 3.63) is 105 Å². The maximum absolute atomic E-state index is 13.5. The van der Waals surface area contributed by atoms with E-state index in [0.717, 1.165) is 11.1 Å². The fraction of sp³-hybridized carbons (Fsp3) is 0.214. The molecule has 2 aromatic heterocycles. The molecule has 0 radical (unpaired) electrons. The van der Waals surface area contributed by atoms with E-state index >= 15 is 0 Å². The Bertz CT molecular complexity index is 1680. The van der Waals surface area contributed by atoms with Crippen molar-refractivity contribution in [3.8, 4) is 22.9 Å². The molecule has 0 saturated heterocycles. The van der Waals surface area contributed by atoms with Gasteiger partial charge in [0.15, 0.2) is 11.5 Å². The number of benzene rings is 3. The van der Waals surface area contributed by atoms with Crippen LogP contribution in [0, 0.1) is 6.92 Å². The fourth-order valence-corrected chi connectivity index (χ4v) is 4.19. The number of para-hydroxylation sites is 1. The van der Waals surface area contributed by atoms with E-state index in [9.17, 15) is 9.59 Å². The fourth-order valence-electron chi connectivity index (χ4n) is 4.19. The summed E-state index contributed by atoms with van der Waals surface area (Å²) in [5.74, 6) is 1.75. The first-order valence-electron chi connectivity index (χ1n) is 11.9. The van der Waals surface area contributed by atoms with Gasteiger partial charge in [0.25, 0.3) is 5.56 Å². The highest BCUT2D eigenvalue weighted by molar-refractivity contribution is 5.78. The summed E-state index contributed by atoms with van der Waals surface area (Å²) in [5.41, 5.74) is 2.34. The van der Waals surface area contributed by atoms with Crippen LogP contribution in [-0.4, -0.2) is 33.0 Å². The zero-order valence-corrected chi connectivity index (χ0v) is 20.8. The van der Waals surface area contributed by atoms with Crippen LogP contribution in [-0.2, 0) is 13.1 Å². The number of methoxy groups -OCH3 is 1. The number of fused-ring (bicyclic) bond motifs is 1. The molecule has 0 bridgehead atoms. The lowest BCUT2D eigenvalue weighted by Gasteiger charge is -2.13. The van der Waals surface area contributed by atoms with Crippen molar-refractivity contribution in [2.24, 2.45) is 0 Å². The number of nitrogens with zero attached hydrogens (tertiary/aromatic N) is 4. The first-order valence-corrected chi connectivity index (χ1v) is 11.9. The molecule has 0 N–H and O–H groups in total. The van der Waals surface area contributed by atoms with E-state index in [1.165, 1.54) is 9.13 Å². The maximum atomic E-state index is 13.5. The Morgan fingerprint density at radius 3 is 2.46 bits per heavy atom. The van der Waals surface area contributed by atoms with Crippen LogP contribution in [0.3, 0.4) is 0 Å². The van der Waals surface area contributed by atoms with E-state index in [2.05, 4.69) is 10.1 Å². The number of aryl methyl sites for hydroxylation is 1. The van der Waals surface area contributed by atoms with Crippen LogP contribution in [0.4, 0.5) is 0 Å². The van der Waals surface area contributed by atoms with Crippen LogP contribution >= 0.6 is 0 Å². The Labute approximate surface area is 212 Å². The smallest absolute Gasteiger partial charge is 0.332 e. The average molecular weight is 499 g/mol. The van der Waals surface area contributed by atoms with Gasteiger partial charge in [-0.15, -0.1) is 0 Å². The summed E-state index contributed by atoms with van der Waals surface area (Å²) in [6, 6.07) is 20.1. The average Bonchev–Trinajstić information content (AvgIpc) is 3.39. The van der Waals surface area contributed by atoms with Gasteiger partial charge >= 0.3 is 5.69 Å². The third-order valence-electron chi connectivity index (χ3n) is 6.08. The van der Waals surface area contributed by atoms with Gasteiger partial charge in [-0.2, -0.15) is 4.98 Å². The minimum Gasteiger partial charge on any atom is -0.493 e. The molecular formula is C28H26N4O5. The molecule has 5 aromatic rings. The van der Waals surface area contributed by atoms with Gasteiger partial charge in [-0.3, -0.25) is 13.9 Å². The van der Waals surface area contributed by atoms with E-state index < -0.39 is 5.69 Å². The highest BCUT2D eigenvalue weighted by Gasteiger charge is 2.17. The van der Waals surface area contributed by atoms with Gasteiger partial charge < -0.3 is 14.0 Å². The Morgan fingerprint density at radius 1 is 0.919 bits per heavy atom. The molecule has 188 valence electrons. The molecule has 0 aliphatic carbocycles.